The normalized spacial score (nSPS) is 10.7. The van der Waals surface area contributed by atoms with Crippen LogP contribution in [-0.4, -0.2) is 15.1 Å². The first kappa shape index (κ1) is 12.6. The molecule has 6 heteroatoms. The summed E-state index contributed by atoms with van der Waals surface area (Å²) in [7, 11) is 0. The van der Waals surface area contributed by atoms with E-state index in [1.165, 1.54) is 0 Å². The Hall–Kier alpha value is -2.40. The first-order valence-corrected chi connectivity index (χ1v) is 6.37. The highest BCUT2D eigenvalue weighted by Crippen LogP contribution is 2.17. The van der Waals surface area contributed by atoms with E-state index in [0.717, 1.165) is 5.56 Å². The molecular formula is C14H11ClN4O. The second-order valence-electron chi connectivity index (χ2n) is 4.30. The summed E-state index contributed by atoms with van der Waals surface area (Å²) >= 11 is 5.79. The summed E-state index contributed by atoms with van der Waals surface area (Å²) < 4.78 is 5.22. The molecule has 0 aliphatic carbocycles. The summed E-state index contributed by atoms with van der Waals surface area (Å²) in [5.74, 6) is 0.961. The van der Waals surface area contributed by atoms with Gasteiger partial charge in [0.05, 0.1) is 11.4 Å². The molecule has 5 nitrogen and oxygen atoms in total. The quantitative estimate of drug-likeness (QED) is 0.749. The lowest BCUT2D eigenvalue weighted by Gasteiger charge is -1.97. The van der Waals surface area contributed by atoms with Crippen LogP contribution in [0.25, 0.3) is 11.5 Å². The molecule has 0 fully saturated rings. The summed E-state index contributed by atoms with van der Waals surface area (Å²) in [5, 5.41) is 4.48. The lowest BCUT2D eigenvalue weighted by atomic mass is 10.1. The first-order chi connectivity index (χ1) is 9.70. The molecule has 2 heterocycles. The minimum atomic E-state index is 0.445. The number of hydrogen-bond donors (Lipinski definition) is 1. The van der Waals surface area contributed by atoms with Crippen LogP contribution in [-0.2, 0) is 6.42 Å². The number of nitrogens with zero attached hydrogens (tertiary/aromatic N) is 3. The Kier molecular flexibility index (Phi) is 3.35. The zero-order chi connectivity index (χ0) is 13.9. The molecule has 0 aliphatic heterocycles. The van der Waals surface area contributed by atoms with Gasteiger partial charge in [-0.2, -0.15) is 4.98 Å². The smallest absolute Gasteiger partial charge is 0.231 e. The van der Waals surface area contributed by atoms with E-state index in [0.29, 0.717) is 34.5 Å². The number of rotatable bonds is 3. The van der Waals surface area contributed by atoms with Crippen LogP contribution in [0.2, 0.25) is 5.02 Å². The number of benzene rings is 1. The zero-order valence-electron chi connectivity index (χ0n) is 10.5. The van der Waals surface area contributed by atoms with Crippen molar-refractivity contribution in [2.24, 2.45) is 0 Å². The Labute approximate surface area is 120 Å². The second kappa shape index (κ2) is 5.30. The van der Waals surface area contributed by atoms with Gasteiger partial charge in [0.1, 0.15) is 5.69 Å². The molecule has 0 radical (unpaired) electrons. The molecule has 3 aromatic rings. The summed E-state index contributed by atoms with van der Waals surface area (Å²) in [4.78, 5) is 8.46. The molecule has 0 saturated heterocycles. The van der Waals surface area contributed by atoms with Crippen LogP contribution in [0.15, 0.2) is 47.1 Å². The average Bonchev–Trinajstić information content (AvgIpc) is 2.88. The fourth-order valence-electron chi connectivity index (χ4n) is 1.82. The number of nitrogen functional groups attached to an aromatic ring is 1. The molecule has 0 amide bonds. The number of halogens is 1. The van der Waals surface area contributed by atoms with Gasteiger partial charge in [-0.25, -0.2) is 0 Å². The van der Waals surface area contributed by atoms with Gasteiger partial charge in [-0.1, -0.05) is 28.9 Å². The van der Waals surface area contributed by atoms with Crippen LogP contribution < -0.4 is 5.73 Å². The van der Waals surface area contributed by atoms with Crippen molar-refractivity contribution < 1.29 is 4.52 Å². The van der Waals surface area contributed by atoms with Crippen molar-refractivity contribution in [3.63, 3.8) is 0 Å². The SMILES string of the molecule is Nc1cccc(Cc2nc(-c3ccc(Cl)cn3)no2)c1. The zero-order valence-corrected chi connectivity index (χ0v) is 11.2. The molecule has 0 aliphatic rings. The van der Waals surface area contributed by atoms with E-state index >= 15 is 0 Å². The predicted octanol–water partition coefficient (Wildman–Crippen LogP) is 2.96. The second-order valence-corrected chi connectivity index (χ2v) is 4.73. The van der Waals surface area contributed by atoms with E-state index in [2.05, 4.69) is 15.1 Å². The minimum Gasteiger partial charge on any atom is -0.399 e. The van der Waals surface area contributed by atoms with Crippen LogP contribution in [0, 0.1) is 0 Å². The van der Waals surface area contributed by atoms with Crippen molar-refractivity contribution >= 4 is 17.3 Å². The van der Waals surface area contributed by atoms with Crippen LogP contribution >= 0.6 is 11.6 Å². The van der Waals surface area contributed by atoms with Crippen molar-refractivity contribution in [3.05, 3.63) is 59.1 Å². The molecule has 2 N–H and O–H groups in total. The van der Waals surface area contributed by atoms with Crippen molar-refractivity contribution in [1.82, 2.24) is 15.1 Å². The molecule has 3 rings (SSSR count). The Morgan fingerprint density at radius 3 is 2.85 bits per heavy atom. The third-order valence-corrected chi connectivity index (χ3v) is 2.95. The van der Waals surface area contributed by atoms with Gasteiger partial charge in [-0.3, -0.25) is 4.98 Å². The Morgan fingerprint density at radius 1 is 1.20 bits per heavy atom. The number of anilines is 1. The highest BCUT2D eigenvalue weighted by molar-refractivity contribution is 6.30. The standard InChI is InChI=1S/C14H11ClN4O/c15-10-4-5-12(17-8-10)14-18-13(20-19-14)7-9-2-1-3-11(16)6-9/h1-6,8H,7,16H2. The van der Waals surface area contributed by atoms with Gasteiger partial charge in [0.15, 0.2) is 0 Å². The summed E-state index contributed by atoms with van der Waals surface area (Å²) in [6, 6.07) is 11.0. The van der Waals surface area contributed by atoms with Crippen molar-refractivity contribution in [2.45, 2.75) is 6.42 Å². The summed E-state index contributed by atoms with van der Waals surface area (Å²) in [6.07, 6.45) is 2.08. The van der Waals surface area contributed by atoms with Gasteiger partial charge >= 0.3 is 0 Å². The van der Waals surface area contributed by atoms with E-state index in [4.69, 9.17) is 21.9 Å². The van der Waals surface area contributed by atoms with Gasteiger partial charge in [0.25, 0.3) is 0 Å². The van der Waals surface area contributed by atoms with E-state index in [-0.39, 0.29) is 0 Å². The van der Waals surface area contributed by atoms with Crippen LogP contribution in [0.1, 0.15) is 11.5 Å². The van der Waals surface area contributed by atoms with E-state index in [1.54, 1.807) is 18.3 Å². The fraction of sp³-hybridized carbons (Fsp3) is 0.0714. The molecule has 0 atom stereocenters. The molecule has 100 valence electrons. The Morgan fingerprint density at radius 2 is 2.10 bits per heavy atom. The molecule has 2 aromatic heterocycles. The Balaban J connectivity index is 1.82. The maximum absolute atomic E-state index is 5.79. The maximum atomic E-state index is 5.79. The highest BCUT2D eigenvalue weighted by Gasteiger charge is 2.10. The van der Waals surface area contributed by atoms with Gasteiger partial charge in [0.2, 0.25) is 11.7 Å². The molecule has 0 saturated carbocycles. The van der Waals surface area contributed by atoms with E-state index < -0.39 is 0 Å². The molecule has 1 aromatic carbocycles. The lowest BCUT2D eigenvalue weighted by molar-refractivity contribution is 0.385. The van der Waals surface area contributed by atoms with Gasteiger partial charge < -0.3 is 10.3 Å². The molecule has 0 spiro atoms. The number of hydrogen-bond acceptors (Lipinski definition) is 5. The molecule has 0 bridgehead atoms. The predicted molar refractivity (Wildman–Crippen MR) is 76.2 cm³/mol. The molecule has 20 heavy (non-hydrogen) atoms. The topological polar surface area (TPSA) is 77.8 Å². The monoisotopic (exact) mass is 286 g/mol. The average molecular weight is 287 g/mol. The van der Waals surface area contributed by atoms with Gasteiger partial charge in [-0.15, -0.1) is 0 Å². The van der Waals surface area contributed by atoms with Crippen LogP contribution in [0.4, 0.5) is 5.69 Å². The third kappa shape index (κ3) is 2.78. The van der Waals surface area contributed by atoms with E-state index in [1.807, 2.05) is 24.3 Å². The van der Waals surface area contributed by atoms with Gasteiger partial charge in [-0.05, 0) is 29.8 Å². The summed E-state index contributed by atoms with van der Waals surface area (Å²) in [5.41, 5.74) is 8.08. The van der Waals surface area contributed by atoms with Crippen molar-refractivity contribution in [1.29, 1.82) is 0 Å². The lowest BCUT2D eigenvalue weighted by Crippen LogP contribution is -1.91. The van der Waals surface area contributed by atoms with Crippen molar-refractivity contribution in [3.8, 4) is 11.5 Å². The van der Waals surface area contributed by atoms with Gasteiger partial charge in [0, 0.05) is 11.9 Å². The van der Waals surface area contributed by atoms with E-state index in [9.17, 15) is 0 Å². The Bertz CT molecular complexity index is 724. The molecular weight excluding hydrogens is 276 g/mol. The number of nitrogens with two attached hydrogens (primary N) is 1. The maximum Gasteiger partial charge on any atom is 0.231 e. The largest absolute Gasteiger partial charge is 0.399 e. The first-order valence-electron chi connectivity index (χ1n) is 5.99. The van der Waals surface area contributed by atoms with Crippen LogP contribution in [0.5, 0.6) is 0 Å². The highest BCUT2D eigenvalue weighted by atomic mass is 35.5. The minimum absolute atomic E-state index is 0.445. The number of aromatic nitrogens is 3. The fourth-order valence-corrected chi connectivity index (χ4v) is 1.93. The van der Waals surface area contributed by atoms with Crippen molar-refractivity contribution in [2.75, 3.05) is 5.73 Å². The number of pyridine rings is 1. The van der Waals surface area contributed by atoms with Crippen LogP contribution in [0.3, 0.4) is 0 Å². The summed E-state index contributed by atoms with van der Waals surface area (Å²) in [6.45, 7) is 0. The third-order valence-electron chi connectivity index (χ3n) is 2.73. The molecule has 0 unspecified atom stereocenters.